The van der Waals surface area contributed by atoms with E-state index in [9.17, 15) is 19.5 Å². The van der Waals surface area contributed by atoms with Crippen LogP contribution in [-0.2, 0) is 33.3 Å². The third kappa shape index (κ3) is 59.9. The molecule has 0 aliphatic carbocycles. The molecule has 9 nitrogen and oxygen atoms in total. The number of quaternary nitrogens is 1. The molecule has 0 aromatic carbocycles. The average molecular weight is 1090 g/mol. The number of esters is 2. The predicted octanol–water partition coefficient (Wildman–Crippen LogP) is 19.3. The fraction of sp³-hybridized carbons (Fsp3) is 0.725. The Morgan fingerprint density at radius 3 is 1.10 bits per heavy atom. The molecule has 78 heavy (non-hydrogen) atoms. The normalized spacial score (nSPS) is 13.4. The van der Waals surface area contributed by atoms with Crippen LogP contribution in [0.15, 0.2) is 97.2 Å². The zero-order chi connectivity index (χ0) is 56.9. The smallest absolute Gasteiger partial charge is 0.361 e. The van der Waals surface area contributed by atoms with Crippen molar-refractivity contribution in [2.45, 2.75) is 277 Å². The SMILES string of the molecule is CC/C=C\C/C=C\C/C=C\C/C=C\C/C=C\C/C=C\C/C=C\CCCCCCCCCCCCCCCCCCCCCC(=O)OC(COC(=O)CCCCCCC/C=C\CCCCC)COC(OCC[N+](C)(C)C)C(=O)O. The molecule has 2 atom stereocenters. The number of carboxylic acid groups (broad SMARTS) is 1. The fourth-order valence-electron chi connectivity index (χ4n) is 8.70. The topological polar surface area (TPSA) is 108 Å². The second-order valence-electron chi connectivity index (χ2n) is 22.3. The van der Waals surface area contributed by atoms with Crippen LogP contribution in [0.5, 0.6) is 0 Å². The van der Waals surface area contributed by atoms with Gasteiger partial charge in [0, 0.05) is 12.8 Å². The first-order valence-corrected chi connectivity index (χ1v) is 31.9. The first kappa shape index (κ1) is 74.2. The zero-order valence-electron chi connectivity index (χ0n) is 51.1. The summed E-state index contributed by atoms with van der Waals surface area (Å²) in [5, 5.41) is 9.69. The molecule has 0 fully saturated rings. The van der Waals surface area contributed by atoms with E-state index >= 15 is 0 Å². The Balaban J connectivity index is 3.97. The van der Waals surface area contributed by atoms with Crippen LogP contribution in [0.25, 0.3) is 0 Å². The van der Waals surface area contributed by atoms with E-state index in [1.807, 2.05) is 21.1 Å². The Kier molecular flexibility index (Phi) is 56.5. The highest BCUT2D eigenvalue weighted by Crippen LogP contribution is 2.17. The number of carbonyl (C=O) groups excluding carboxylic acids is 2. The first-order chi connectivity index (χ1) is 38.1. The average Bonchev–Trinajstić information content (AvgIpc) is 3.41. The lowest BCUT2D eigenvalue weighted by Crippen LogP contribution is -2.40. The van der Waals surface area contributed by atoms with Crippen LogP contribution in [0.1, 0.15) is 264 Å². The van der Waals surface area contributed by atoms with Gasteiger partial charge in [-0.1, -0.05) is 252 Å². The molecule has 0 rings (SSSR count). The first-order valence-electron chi connectivity index (χ1n) is 31.9. The molecule has 1 N–H and O–H groups in total. The number of nitrogens with zero attached hydrogens (tertiary/aromatic N) is 1. The van der Waals surface area contributed by atoms with Crippen LogP contribution in [0.3, 0.4) is 0 Å². The third-order valence-electron chi connectivity index (χ3n) is 13.6. The van der Waals surface area contributed by atoms with Crippen molar-refractivity contribution in [1.82, 2.24) is 0 Å². The Morgan fingerprint density at radius 1 is 0.397 bits per heavy atom. The van der Waals surface area contributed by atoms with E-state index in [4.69, 9.17) is 18.9 Å². The minimum Gasteiger partial charge on any atom is -0.477 e. The molecule has 0 spiro atoms. The van der Waals surface area contributed by atoms with E-state index in [-0.39, 0.29) is 32.2 Å². The van der Waals surface area contributed by atoms with Gasteiger partial charge in [0.15, 0.2) is 6.10 Å². The largest absolute Gasteiger partial charge is 0.477 e. The number of likely N-dealkylation sites (N-methyl/N-ethyl adjacent to an activating group) is 1. The van der Waals surface area contributed by atoms with Crippen molar-refractivity contribution < 1.29 is 42.9 Å². The van der Waals surface area contributed by atoms with E-state index in [0.29, 0.717) is 17.4 Å². The van der Waals surface area contributed by atoms with E-state index in [1.54, 1.807) is 0 Å². The Labute approximate surface area is 480 Å². The lowest BCUT2D eigenvalue weighted by Gasteiger charge is -2.25. The van der Waals surface area contributed by atoms with Crippen molar-refractivity contribution in [3.05, 3.63) is 97.2 Å². The number of carbonyl (C=O) groups is 3. The van der Waals surface area contributed by atoms with Crippen LogP contribution < -0.4 is 0 Å². The molecule has 0 amide bonds. The molecule has 2 unspecified atom stereocenters. The van der Waals surface area contributed by atoms with Gasteiger partial charge in [-0.15, -0.1) is 0 Å². The molecule has 0 saturated heterocycles. The summed E-state index contributed by atoms with van der Waals surface area (Å²) in [6.45, 7) is 4.73. The van der Waals surface area contributed by atoms with Gasteiger partial charge in [0.1, 0.15) is 13.2 Å². The molecule has 0 heterocycles. The summed E-state index contributed by atoms with van der Waals surface area (Å²) in [6.07, 6.45) is 78.1. The van der Waals surface area contributed by atoms with Crippen LogP contribution in [0.4, 0.5) is 0 Å². The summed E-state index contributed by atoms with van der Waals surface area (Å²) < 4.78 is 22.8. The molecule has 0 aromatic rings. The third-order valence-corrected chi connectivity index (χ3v) is 13.6. The van der Waals surface area contributed by atoms with Crippen molar-refractivity contribution in [3.8, 4) is 0 Å². The number of aliphatic carboxylic acids is 1. The maximum absolute atomic E-state index is 12.9. The van der Waals surface area contributed by atoms with Gasteiger partial charge in [0.2, 0.25) is 0 Å². The number of carboxylic acids is 1. The van der Waals surface area contributed by atoms with Gasteiger partial charge in [-0.3, -0.25) is 9.59 Å². The van der Waals surface area contributed by atoms with Gasteiger partial charge in [0.25, 0.3) is 6.29 Å². The summed E-state index contributed by atoms with van der Waals surface area (Å²) in [5.41, 5.74) is 0. The fourth-order valence-corrected chi connectivity index (χ4v) is 8.70. The lowest BCUT2D eigenvalue weighted by atomic mass is 10.0. The van der Waals surface area contributed by atoms with Crippen molar-refractivity contribution in [2.24, 2.45) is 0 Å². The second-order valence-corrected chi connectivity index (χ2v) is 22.3. The number of hydrogen-bond acceptors (Lipinski definition) is 7. The number of rotatable bonds is 58. The quantitative estimate of drug-likeness (QED) is 0.0211. The minimum absolute atomic E-state index is 0.185. The van der Waals surface area contributed by atoms with Crippen molar-refractivity contribution in [2.75, 3.05) is 47.5 Å². The minimum atomic E-state index is -1.51. The maximum atomic E-state index is 12.9. The Morgan fingerprint density at radius 2 is 0.731 bits per heavy atom. The highest BCUT2D eigenvalue weighted by Gasteiger charge is 2.25. The van der Waals surface area contributed by atoms with Gasteiger partial charge in [-0.05, 0) is 96.3 Å². The molecule has 0 aliphatic rings. The summed E-state index contributed by atoms with van der Waals surface area (Å²) in [5.74, 6) is -2.01. The molecule has 0 bridgehead atoms. The highest BCUT2D eigenvalue weighted by atomic mass is 16.7. The van der Waals surface area contributed by atoms with Crippen LogP contribution in [-0.4, -0.2) is 87.4 Å². The van der Waals surface area contributed by atoms with Gasteiger partial charge in [0.05, 0.1) is 34.4 Å². The Hall–Kier alpha value is -3.79. The molecule has 0 radical (unpaired) electrons. The monoisotopic (exact) mass is 1090 g/mol. The van der Waals surface area contributed by atoms with Gasteiger partial charge in [-0.25, -0.2) is 4.79 Å². The van der Waals surface area contributed by atoms with Gasteiger partial charge >= 0.3 is 17.9 Å². The van der Waals surface area contributed by atoms with Crippen LogP contribution >= 0.6 is 0 Å². The molecular weight excluding hydrogens is 971 g/mol. The lowest BCUT2D eigenvalue weighted by molar-refractivity contribution is -0.870. The number of hydrogen-bond donors (Lipinski definition) is 1. The molecule has 448 valence electrons. The molecule has 0 aliphatic heterocycles. The van der Waals surface area contributed by atoms with Crippen molar-refractivity contribution in [3.63, 3.8) is 0 Å². The van der Waals surface area contributed by atoms with Crippen molar-refractivity contribution in [1.29, 1.82) is 0 Å². The number of ether oxygens (including phenoxy) is 4. The highest BCUT2D eigenvalue weighted by molar-refractivity contribution is 5.71. The molecular formula is C69H120NO8+. The van der Waals surface area contributed by atoms with Crippen LogP contribution in [0.2, 0.25) is 0 Å². The van der Waals surface area contributed by atoms with Crippen molar-refractivity contribution >= 4 is 17.9 Å². The molecule has 9 heteroatoms. The van der Waals surface area contributed by atoms with E-state index < -0.39 is 24.3 Å². The standard InChI is InChI=1S/C69H119NO8/c1-6-8-10-12-14-16-18-20-21-22-23-24-25-26-27-28-29-30-31-32-33-34-35-36-37-38-39-40-41-42-43-44-45-46-47-48-50-52-54-56-58-60-67(72)78-65(64-77-69(68(73)74)75-62-61-70(3,4)5)63-76-66(71)59-57-55-53-51-49-19-17-15-13-11-9-7-2/h8,10,14-17,20-21,23-24,26-27,29-30,32-33,65,69H,6-7,9,11-13,18-19,22,25,28,31,34-64H2,1-5H3/p+1/b10-8-,16-14-,17-15-,21-20-,24-23-,27-26-,30-29-,33-32-. The summed E-state index contributed by atoms with van der Waals surface area (Å²) in [7, 11) is 5.96. The zero-order valence-corrected chi connectivity index (χ0v) is 51.1. The van der Waals surface area contributed by atoms with Gasteiger partial charge < -0.3 is 28.5 Å². The summed E-state index contributed by atoms with van der Waals surface area (Å²) in [4.78, 5) is 37.3. The molecule has 0 aromatic heterocycles. The summed E-state index contributed by atoms with van der Waals surface area (Å²) in [6, 6.07) is 0. The second kappa shape index (κ2) is 59.3. The predicted molar refractivity (Wildman–Crippen MR) is 332 cm³/mol. The van der Waals surface area contributed by atoms with Crippen LogP contribution in [0, 0.1) is 0 Å². The summed E-state index contributed by atoms with van der Waals surface area (Å²) >= 11 is 0. The van der Waals surface area contributed by atoms with E-state index in [1.165, 1.54) is 135 Å². The number of unbranched alkanes of at least 4 members (excludes halogenated alkanes) is 27. The Bertz CT molecular complexity index is 1600. The van der Waals surface area contributed by atoms with E-state index in [0.717, 1.165) is 103 Å². The number of allylic oxidation sites excluding steroid dienone is 16. The van der Waals surface area contributed by atoms with Gasteiger partial charge in [-0.2, -0.15) is 0 Å². The molecule has 0 saturated carbocycles. The maximum Gasteiger partial charge on any atom is 0.361 e. The van der Waals surface area contributed by atoms with E-state index in [2.05, 4.69) is 111 Å².